The summed E-state index contributed by atoms with van der Waals surface area (Å²) >= 11 is 6.25. The number of hydrogen-bond donors (Lipinski definition) is 1. The number of carboxylic acids is 1. The molecular weight excluding hydrogens is 478 g/mol. The van der Waals surface area contributed by atoms with Gasteiger partial charge in [0.25, 0.3) is 0 Å². The van der Waals surface area contributed by atoms with Gasteiger partial charge in [-0.1, -0.05) is 41.9 Å². The molecule has 184 valence electrons. The number of benzene rings is 3. The number of carbonyl (C=O) groups is 1. The second kappa shape index (κ2) is 11.6. The van der Waals surface area contributed by atoms with Gasteiger partial charge in [0.05, 0.1) is 31.2 Å². The van der Waals surface area contributed by atoms with Gasteiger partial charge in [0.15, 0.2) is 0 Å². The van der Waals surface area contributed by atoms with Gasteiger partial charge in [-0.25, -0.2) is 4.79 Å². The summed E-state index contributed by atoms with van der Waals surface area (Å²) in [5.41, 5.74) is 3.87. The predicted octanol–water partition coefficient (Wildman–Crippen LogP) is 6.48. The van der Waals surface area contributed by atoms with Crippen molar-refractivity contribution in [2.45, 2.75) is 19.4 Å². The van der Waals surface area contributed by atoms with Crippen LogP contribution in [0.4, 0.5) is 0 Å². The van der Waals surface area contributed by atoms with E-state index >= 15 is 0 Å². The van der Waals surface area contributed by atoms with E-state index in [-0.39, 0.29) is 5.56 Å². The smallest absolute Gasteiger partial charge is 0.337 e. The Kier molecular flexibility index (Phi) is 8.08. The van der Waals surface area contributed by atoms with Crippen molar-refractivity contribution in [3.8, 4) is 28.5 Å². The molecule has 0 radical (unpaired) electrons. The van der Waals surface area contributed by atoms with Crippen LogP contribution in [0.2, 0.25) is 5.02 Å². The molecule has 7 heteroatoms. The molecule has 0 aliphatic rings. The Morgan fingerprint density at radius 3 is 2.42 bits per heavy atom. The van der Waals surface area contributed by atoms with E-state index < -0.39 is 5.97 Å². The molecule has 1 N–H and O–H groups in total. The Morgan fingerprint density at radius 2 is 1.69 bits per heavy atom. The number of halogens is 1. The molecule has 0 atom stereocenters. The third kappa shape index (κ3) is 5.96. The lowest BCUT2D eigenvalue weighted by molar-refractivity contribution is 0.0695. The summed E-state index contributed by atoms with van der Waals surface area (Å²) in [4.78, 5) is 16.7. The molecule has 0 saturated carbocycles. The summed E-state index contributed by atoms with van der Waals surface area (Å²) < 4.78 is 16.9. The molecule has 0 spiro atoms. The molecule has 0 unspecified atom stereocenters. The van der Waals surface area contributed by atoms with Crippen LogP contribution in [-0.4, -0.2) is 30.3 Å². The zero-order valence-electron chi connectivity index (χ0n) is 20.0. The molecule has 1 aromatic heterocycles. The van der Waals surface area contributed by atoms with Crippen LogP contribution < -0.4 is 14.2 Å². The predicted molar refractivity (Wildman–Crippen MR) is 139 cm³/mol. The number of hydrogen-bond acceptors (Lipinski definition) is 5. The van der Waals surface area contributed by atoms with Gasteiger partial charge in [-0.15, -0.1) is 0 Å². The Morgan fingerprint density at radius 1 is 0.889 bits per heavy atom. The molecule has 0 amide bonds. The van der Waals surface area contributed by atoms with Gasteiger partial charge in [-0.3, -0.25) is 4.98 Å². The molecule has 4 aromatic rings. The minimum Gasteiger partial charge on any atom is -0.497 e. The van der Waals surface area contributed by atoms with Crippen LogP contribution in [0.1, 0.15) is 27.2 Å². The number of carboxylic acid groups (broad SMARTS) is 1. The van der Waals surface area contributed by atoms with Crippen LogP contribution in [0.25, 0.3) is 11.3 Å². The van der Waals surface area contributed by atoms with Crippen LogP contribution in [0.5, 0.6) is 17.2 Å². The zero-order valence-corrected chi connectivity index (χ0v) is 20.8. The number of rotatable bonds is 10. The molecular formula is C29H26ClNO5. The summed E-state index contributed by atoms with van der Waals surface area (Å²) in [7, 11) is 3.20. The maximum absolute atomic E-state index is 11.9. The van der Waals surface area contributed by atoms with Crippen molar-refractivity contribution in [3.63, 3.8) is 0 Å². The molecule has 1 heterocycles. The molecule has 0 aliphatic heterocycles. The third-order valence-corrected chi connectivity index (χ3v) is 6.02. The molecule has 0 saturated heterocycles. The largest absolute Gasteiger partial charge is 0.497 e. The van der Waals surface area contributed by atoms with Gasteiger partial charge in [0, 0.05) is 10.6 Å². The fourth-order valence-electron chi connectivity index (χ4n) is 3.93. The van der Waals surface area contributed by atoms with Gasteiger partial charge in [0.2, 0.25) is 0 Å². The minimum absolute atomic E-state index is 0.154. The highest BCUT2D eigenvalue weighted by Gasteiger charge is 2.17. The van der Waals surface area contributed by atoms with E-state index in [1.807, 2.05) is 54.6 Å². The van der Waals surface area contributed by atoms with Gasteiger partial charge >= 0.3 is 5.97 Å². The zero-order chi connectivity index (χ0) is 25.5. The fourth-order valence-corrected chi connectivity index (χ4v) is 4.09. The maximum atomic E-state index is 11.9. The molecule has 3 aromatic carbocycles. The van der Waals surface area contributed by atoms with Crippen molar-refractivity contribution >= 4 is 17.6 Å². The summed E-state index contributed by atoms with van der Waals surface area (Å²) in [5.74, 6) is 0.950. The Balaban J connectivity index is 1.65. The number of aromatic carboxylic acids is 1. The van der Waals surface area contributed by atoms with E-state index in [1.165, 1.54) is 0 Å². The standard InChI is InChI=1S/C29H26ClNO5/c1-34-22-10-15-27(35-2)20(16-22)8-13-26-24(29(32)33)12-14-25(31-26)23-11-9-21(30)17-28(23)36-18-19-6-4-3-5-7-19/h3-7,9-12,14-17H,8,13,18H2,1-2H3,(H,32,33). The van der Waals surface area contributed by atoms with E-state index in [2.05, 4.69) is 0 Å². The Labute approximate surface area is 215 Å². The van der Waals surface area contributed by atoms with Gasteiger partial charge in [-0.2, -0.15) is 0 Å². The Hall–Kier alpha value is -4.03. The van der Waals surface area contributed by atoms with Gasteiger partial charge < -0.3 is 19.3 Å². The number of methoxy groups -OCH3 is 2. The molecule has 36 heavy (non-hydrogen) atoms. The lowest BCUT2D eigenvalue weighted by Gasteiger charge is -2.14. The number of aromatic nitrogens is 1. The lowest BCUT2D eigenvalue weighted by atomic mass is 10.0. The van der Waals surface area contributed by atoms with Crippen LogP contribution in [0.3, 0.4) is 0 Å². The van der Waals surface area contributed by atoms with Crippen molar-refractivity contribution in [2.75, 3.05) is 14.2 Å². The molecule has 0 aliphatic carbocycles. The van der Waals surface area contributed by atoms with E-state index in [0.29, 0.717) is 53.1 Å². The fraction of sp³-hybridized carbons (Fsp3) is 0.172. The highest BCUT2D eigenvalue weighted by atomic mass is 35.5. The first-order valence-corrected chi connectivity index (χ1v) is 11.8. The number of aryl methyl sites for hydroxylation is 2. The summed E-state index contributed by atoms with van der Waals surface area (Å²) in [6.07, 6.45) is 0.919. The second-order valence-corrected chi connectivity index (χ2v) is 8.52. The highest BCUT2D eigenvalue weighted by molar-refractivity contribution is 6.30. The van der Waals surface area contributed by atoms with Crippen LogP contribution in [0, 0.1) is 0 Å². The van der Waals surface area contributed by atoms with Crippen LogP contribution in [-0.2, 0) is 19.4 Å². The molecule has 6 nitrogen and oxygen atoms in total. The molecule has 4 rings (SSSR count). The van der Waals surface area contributed by atoms with E-state index in [0.717, 1.165) is 16.7 Å². The van der Waals surface area contributed by atoms with Crippen molar-refractivity contribution in [3.05, 3.63) is 106 Å². The van der Waals surface area contributed by atoms with Crippen LogP contribution >= 0.6 is 11.6 Å². The normalized spacial score (nSPS) is 10.6. The molecule has 0 bridgehead atoms. The first-order valence-electron chi connectivity index (χ1n) is 11.4. The highest BCUT2D eigenvalue weighted by Crippen LogP contribution is 2.33. The van der Waals surface area contributed by atoms with E-state index in [1.54, 1.807) is 38.5 Å². The second-order valence-electron chi connectivity index (χ2n) is 8.09. The first-order chi connectivity index (χ1) is 17.5. The average molecular weight is 504 g/mol. The van der Waals surface area contributed by atoms with Crippen molar-refractivity contribution in [1.82, 2.24) is 4.98 Å². The third-order valence-electron chi connectivity index (χ3n) is 5.78. The van der Waals surface area contributed by atoms with Gasteiger partial charge in [-0.05, 0) is 72.5 Å². The summed E-state index contributed by atoms with van der Waals surface area (Å²) in [5, 5.41) is 10.3. The average Bonchev–Trinajstić information content (AvgIpc) is 2.91. The number of ether oxygens (including phenoxy) is 3. The van der Waals surface area contributed by atoms with Crippen molar-refractivity contribution < 1.29 is 24.1 Å². The van der Waals surface area contributed by atoms with Crippen LogP contribution in [0.15, 0.2) is 78.9 Å². The minimum atomic E-state index is -1.03. The van der Waals surface area contributed by atoms with E-state index in [9.17, 15) is 9.90 Å². The quantitative estimate of drug-likeness (QED) is 0.267. The topological polar surface area (TPSA) is 77.9 Å². The summed E-state index contributed by atoms with van der Waals surface area (Å²) in [6.45, 7) is 0.365. The van der Waals surface area contributed by atoms with Crippen molar-refractivity contribution in [2.24, 2.45) is 0 Å². The first kappa shape index (κ1) is 25.1. The monoisotopic (exact) mass is 503 g/mol. The number of pyridine rings is 1. The maximum Gasteiger partial charge on any atom is 0.337 e. The van der Waals surface area contributed by atoms with Crippen molar-refractivity contribution in [1.29, 1.82) is 0 Å². The lowest BCUT2D eigenvalue weighted by Crippen LogP contribution is -2.08. The Bertz CT molecular complexity index is 1360. The summed E-state index contributed by atoms with van der Waals surface area (Å²) in [6, 6.07) is 24.0. The van der Waals surface area contributed by atoms with E-state index in [4.69, 9.17) is 30.8 Å². The van der Waals surface area contributed by atoms with Gasteiger partial charge in [0.1, 0.15) is 23.9 Å². The molecule has 0 fully saturated rings. The number of nitrogens with zero attached hydrogens (tertiary/aromatic N) is 1. The SMILES string of the molecule is COc1ccc(OC)c(CCc2nc(-c3ccc(Cl)cc3OCc3ccccc3)ccc2C(=O)O)c1.